The molecule has 0 aliphatic carbocycles. The Morgan fingerprint density at radius 1 is 1.21 bits per heavy atom. The van der Waals surface area contributed by atoms with Crippen molar-refractivity contribution in [1.82, 2.24) is 4.90 Å². The van der Waals surface area contributed by atoms with Crippen LogP contribution in [0.15, 0.2) is 18.2 Å². The molecule has 4 nitrogen and oxygen atoms in total. The third kappa shape index (κ3) is 2.45. The molecule has 4 heteroatoms. The van der Waals surface area contributed by atoms with E-state index >= 15 is 0 Å². The maximum Gasteiger partial charge on any atom is 0.254 e. The highest BCUT2D eigenvalue weighted by Gasteiger charge is 2.21. The number of benzene rings is 1. The van der Waals surface area contributed by atoms with Gasteiger partial charge in [0.05, 0.1) is 13.2 Å². The van der Waals surface area contributed by atoms with Crippen LogP contribution in [0, 0.1) is 0 Å². The van der Waals surface area contributed by atoms with Gasteiger partial charge in [-0.15, -0.1) is 0 Å². The molecule has 3 rings (SSSR count). The molecule has 2 aliphatic rings. The lowest BCUT2D eigenvalue weighted by molar-refractivity contribution is 0.0303. The predicted molar refractivity (Wildman–Crippen MR) is 74.8 cm³/mol. The minimum Gasteiger partial charge on any atom is -0.378 e. The Balaban J connectivity index is 1.83. The average molecular weight is 260 g/mol. The van der Waals surface area contributed by atoms with Crippen LogP contribution in [-0.4, -0.2) is 50.7 Å². The van der Waals surface area contributed by atoms with Crippen molar-refractivity contribution in [3.05, 3.63) is 29.3 Å². The number of carbonyl (C=O) groups is 1. The van der Waals surface area contributed by atoms with Crippen molar-refractivity contribution in [3.63, 3.8) is 0 Å². The van der Waals surface area contributed by atoms with Crippen LogP contribution in [0.4, 0.5) is 5.69 Å². The molecular formula is C15H20N2O2. The summed E-state index contributed by atoms with van der Waals surface area (Å²) in [7, 11) is 2.11. The number of amides is 1. The lowest BCUT2D eigenvalue weighted by atomic mass is 9.99. The fourth-order valence-corrected chi connectivity index (χ4v) is 2.87. The van der Waals surface area contributed by atoms with Gasteiger partial charge in [-0.05, 0) is 36.6 Å². The first-order chi connectivity index (χ1) is 9.25. The van der Waals surface area contributed by atoms with Crippen molar-refractivity contribution in [2.45, 2.75) is 12.8 Å². The maximum absolute atomic E-state index is 12.4. The van der Waals surface area contributed by atoms with E-state index < -0.39 is 0 Å². The smallest absolute Gasteiger partial charge is 0.254 e. The van der Waals surface area contributed by atoms with Gasteiger partial charge in [0.2, 0.25) is 0 Å². The normalized spacial score (nSPS) is 19.2. The first-order valence-corrected chi connectivity index (χ1v) is 6.97. The Morgan fingerprint density at radius 2 is 2.00 bits per heavy atom. The number of anilines is 1. The zero-order chi connectivity index (χ0) is 13.2. The van der Waals surface area contributed by atoms with Gasteiger partial charge in [0.25, 0.3) is 5.91 Å². The molecule has 1 aromatic rings. The quantitative estimate of drug-likeness (QED) is 0.768. The molecule has 0 N–H and O–H groups in total. The number of hydrogen-bond donors (Lipinski definition) is 0. The molecule has 0 aromatic heterocycles. The summed E-state index contributed by atoms with van der Waals surface area (Å²) in [5, 5.41) is 0. The Labute approximate surface area is 113 Å². The van der Waals surface area contributed by atoms with E-state index in [1.54, 1.807) is 0 Å². The molecule has 0 saturated carbocycles. The number of carbonyl (C=O) groups excluding carboxylic acids is 1. The molecule has 1 fully saturated rings. The first-order valence-electron chi connectivity index (χ1n) is 6.97. The van der Waals surface area contributed by atoms with Crippen molar-refractivity contribution in [2.75, 3.05) is 44.8 Å². The van der Waals surface area contributed by atoms with E-state index in [0.717, 1.165) is 18.5 Å². The summed E-state index contributed by atoms with van der Waals surface area (Å²) in [6.07, 6.45) is 2.24. The number of hydrogen-bond acceptors (Lipinski definition) is 3. The first kappa shape index (κ1) is 12.5. The largest absolute Gasteiger partial charge is 0.378 e. The SMILES string of the molecule is CN1CCCc2cc(C(=O)N3CCOCC3)ccc21. The number of aryl methyl sites for hydroxylation is 1. The fraction of sp³-hybridized carbons (Fsp3) is 0.533. The van der Waals surface area contributed by atoms with E-state index in [2.05, 4.69) is 24.1 Å². The van der Waals surface area contributed by atoms with E-state index in [1.807, 2.05) is 11.0 Å². The van der Waals surface area contributed by atoms with Gasteiger partial charge in [0.1, 0.15) is 0 Å². The van der Waals surface area contributed by atoms with Gasteiger partial charge in [-0.25, -0.2) is 0 Å². The second kappa shape index (κ2) is 5.21. The van der Waals surface area contributed by atoms with Gasteiger partial charge in [0, 0.05) is 37.9 Å². The average Bonchev–Trinajstić information content (AvgIpc) is 2.47. The summed E-state index contributed by atoms with van der Waals surface area (Å²) in [5.74, 6) is 0.138. The molecule has 102 valence electrons. The lowest BCUT2D eigenvalue weighted by Crippen LogP contribution is -2.40. The maximum atomic E-state index is 12.4. The van der Waals surface area contributed by atoms with Crippen molar-refractivity contribution in [1.29, 1.82) is 0 Å². The number of morpholine rings is 1. The molecule has 0 unspecified atom stereocenters. The van der Waals surface area contributed by atoms with Crippen molar-refractivity contribution >= 4 is 11.6 Å². The molecule has 0 bridgehead atoms. The van der Waals surface area contributed by atoms with Gasteiger partial charge in [0.15, 0.2) is 0 Å². The molecular weight excluding hydrogens is 240 g/mol. The zero-order valence-corrected chi connectivity index (χ0v) is 11.4. The summed E-state index contributed by atoms with van der Waals surface area (Å²) >= 11 is 0. The molecule has 0 radical (unpaired) electrons. The van der Waals surface area contributed by atoms with Crippen molar-refractivity contribution < 1.29 is 9.53 Å². The van der Waals surface area contributed by atoms with Crippen LogP contribution in [0.25, 0.3) is 0 Å². The number of ether oxygens (including phenoxy) is 1. The minimum absolute atomic E-state index is 0.138. The Kier molecular flexibility index (Phi) is 3.42. The second-order valence-corrected chi connectivity index (χ2v) is 5.27. The second-order valence-electron chi connectivity index (χ2n) is 5.27. The van der Waals surface area contributed by atoms with Gasteiger partial charge < -0.3 is 14.5 Å². The molecule has 2 heterocycles. The van der Waals surface area contributed by atoms with E-state index in [-0.39, 0.29) is 5.91 Å². The molecule has 2 aliphatic heterocycles. The Hall–Kier alpha value is -1.55. The number of fused-ring (bicyclic) bond motifs is 1. The van der Waals surface area contributed by atoms with Crippen LogP contribution in [0.2, 0.25) is 0 Å². The molecule has 1 aromatic carbocycles. The van der Waals surface area contributed by atoms with Crippen LogP contribution >= 0.6 is 0 Å². The third-order valence-corrected chi connectivity index (χ3v) is 3.98. The van der Waals surface area contributed by atoms with Crippen LogP contribution < -0.4 is 4.90 Å². The lowest BCUT2D eigenvalue weighted by Gasteiger charge is -2.29. The summed E-state index contributed by atoms with van der Waals surface area (Å²) in [4.78, 5) is 16.6. The highest BCUT2D eigenvalue weighted by molar-refractivity contribution is 5.95. The van der Waals surface area contributed by atoms with Gasteiger partial charge in [-0.1, -0.05) is 0 Å². The topological polar surface area (TPSA) is 32.8 Å². The molecule has 19 heavy (non-hydrogen) atoms. The molecule has 1 amide bonds. The van der Waals surface area contributed by atoms with Gasteiger partial charge in [-0.3, -0.25) is 4.79 Å². The van der Waals surface area contributed by atoms with Crippen LogP contribution in [0.5, 0.6) is 0 Å². The standard InChI is InChI=1S/C15H20N2O2/c1-16-6-2-3-12-11-13(4-5-14(12)16)15(18)17-7-9-19-10-8-17/h4-5,11H,2-3,6-10H2,1H3. The van der Waals surface area contributed by atoms with Crippen LogP contribution in [0.3, 0.4) is 0 Å². The van der Waals surface area contributed by atoms with Crippen LogP contribution in [-0.2, 0) is 11.2 Å². The predicted octanol–water partition coefficient (Wildman–Crippen LogP) is 1.54. The van der Waals surface area contributed by atoms with E-state index in [0.29, 0.717) is 26.3 Å². The Bertz CT molecular complexity index is 481. The molecule has 1 saturated heterocycles. The summed E-state index contributed by atoms with van der Waals surface area (Å²) in [6.45, 7) is 3.81. The number of nitrogens with zero attached hydrogens (tertiary/aromatic N) is 2. The highest BCUT2D eigenvalue weighted by Crippen LogP contribution is 2.27. The summed E-state index contributed by atoms with van der Waals surface area (Å²) < 4.78 is 5.29. The minimum atomic E-state index is 0.138. The number of rotatable bonds is 1. The zero-order valence-electron chi connectivity index (χ0n) is 11.4. The van der Waals surface area contributed by atoms with Crippen molar-refractivity contribution in [3.8, 4) is 0 Å². The molecule has 0 spiro atoms. The Morgan fingerprint density at radius 3 is 2.79 bits per heavy atom. The van der Waals surface area contributed by atoms with E-state index in [1.165, 1.54) is 17.7 Å². The summed E-state index contributed by atoms with van der Waals surface area (Å²) in [6, 6.07) is 6.11. The highest BCUT2D eigenvalue weighted by atomic mass is 16.5. The monoisotopic (exact) mass is 260 g/mol. The van der Waals surface area contributed by atoms with Gasteiger partial charge >= 0.3 is 0 Å². The third-order valence-electron chi connectivity index (χ3n) is 3.98. The van der Waals surface area contributed by atoms with E-state index in [9.17, 15) is 4.79 Å². The molecule has 0 atom stereocenters. The van der Waals surface area contributed by atoms with Crippen molar-refractivity contribution in [2.24, 2.45) is 0 Å². The van der Waals surface area contributed by atoms with Gasteiger partial charge in [-0.2, -0.15) is 0 Å². The van der Waals surface area contributed by atoms with Crippen LogP contribution in [0.1, 0.15) is 22.3 Å². The van der Waals surface area contributed by atoms with E-state index in [4.69, 9.17) is 4.74 Å². The fourth-order valence-electron chi connectivity index (χ4n) is 2.87. The summed E-state index contributed by atoms with van der Waals surface area (Å²) in [5.41, 5.74) is 3.38.